The molecule has 1 aliphatic rings. The molecule has 2 aromatic rings. The van der Waals surface area contributed by atoms with Gasteiger partial charge >= 0.3 is 0 Å². The van der Waals surface area contributed by atoms with Crippen molar-refractivity contribution in [3.8, 4) is 0 Å². The maximum atomic E-state index is 12.0. The third kappa shape index (κ3) is 6.45. The summed E-state index contributed by atoms with van der Waals surface area (Å²) in [5.74, 6) is 0.635. The Morgan fingerprint density at radius 2 is 2.10 bits per heavy atom. The van der Waals surface area contributed by atoms with Crippen LogP contribution in [0.15, 0.2) is 47.6 Å². The molecule has 0 aliphatic carbocycles. The largest absolute Gasteiger partial charge is 0.378 e. The molecular weight excluding hydrogens is 428 g/mol. The maximum Gasteiger partial charge on any atom is 0.270 e. The fraction of sp³-hybridized carbons (Fsp3) is 0.300. The molecule has 0 radical (unpaired) electrons. The summed E-state index contributed by atoms with van der Waals surface area (Å²) in [6, 6.07) is 12.1. The number of amides is 1. The molecule has 0 unspecified atom stereocenters. The SMILES string of the molecule is O=C(CSCc1cccc(Cl)c1)N/N=C\c1cc([N+](=O)[O-])ccc1N1CCOCC1. The first-order valence-corrected chi connectivity index (χ1v) is 10.8. The molecule has 0 saturated carbocycles. The molecule has 158 valence electrons. The van der Waals surface area contributed by atoms with Gasteiger partial charge in [0.1, 0.15) is 0 Å². The molecule has 1 saturated heterocycles. The number of hydrazone groups is 1. The number of benzene rings is 2. The Bertz CT molecular complexity index is 935. The standard InChI is InChI=1S/C20H21ClN4O4S/c21-17-3-1-2-15(10-17)13-30-14-20(26)23-22-12-16-11-18(25(27)28)4-5-19(16)24-6-8-29-9-7-24/h1-5,10-12H,6-9,13-14H2,(H,23,26)/b22-12-. The van der Waals surface area contributed by atoms with E-state index in [2.05, 4.69) is 15.4 Å². The molecule has 1 N–H and O–H groups in total. The van der Waals surface area contributed by atoms with E-state index in [0.29, 0.717) is 42.6 Å². The van der Waals surface area contributed by atoms with E-state index in [0.717, 1.165) is 11.3 Å². The summed E-state index contributed by atoms with van der Waals surface area (Å²) in [5.41, 5.74) is 4.87. The Labute approximate surface area is 183 Å². The molecule has 8 nitrogen and oxygen atoms in total. The Morgan fingerprint density at radius 1 is 1.30 bits per heavy atom. The van der Waals surface area contributed by atoms with Crippen molar-refractivity contribution in [2.24, 2.45) is 5.10 Å². The van der Waals surface area contributed by atoms with Gasteiger partial charge in [0.05, 0.1) is 30.1 Å². The number of carbonyl (C=O) groups is 1. The van der Waals surface area contributed by atoms with Gasteiger partial charge in [0.15, 0.2) is 0 Å². The number of thioether (sulfide) groups is 1. The predicted molar refractivity (Wildman–Crippen MR) is 119 cm³/mol. The minimum atomic E-state index is -0.453. The van der Waals surface area contributed by atoms with Crippen molar-refractivity contribution in [2.45, 2.75) is 5.75 Å². The summed E-state index contributed by atoms with van der Waals surface area (Å²) in [4.78, 5) is 24.8. The molecule has 2 aromatic carbocycles. The normalized spacial score (nSPS) is 14.1. The van der Waals surface area contributed by atoms with E-state index in [1.54, 1.807) is 12.1 Å². The molecule has 1 fully saturated rings. The number of nitrogens with one attached hydrogen (secondary N) is 1. The van der Waals surface area contributed by atoms with Crippen LogP contribution < -0.4 is 10.3 Å². The van der Waals surface area contributed by atoms with Gasteiger partial charge in [-0.15, -0.1) is 11.8 Å². The lowest BCUT2D eigenvalue weighted by Crippen LogP contribution is -2.36. The van der Waals surface area contributed by atoms with Crippen molar-refractivity contribution in [1.82, 2.24) is 5.43 Å². The fourth-order valence-electron chi connectivity index (χ4n) is 2.95. The van der Waals surface area contributed by atoms with E-state index >= 15 is 0 Å². The van der Waals surface area contributed by atoms with E-state index in [9.17, 15) is 14.9 Å². The summed E-state index contributed by atoms with van der Waals surface area (Å²) in [5, 5.41) is 15.8. The minimum Gasteiger partial charge on any atom is -0.378 e. The van der Waals surface area contributed by atoms with Gasteiger partial charge in [-0.3, -0.25) is 14.9 Å². The average molecular weight is 449 g/mol. The first-order valence-electron chi connectivity index (χ1n) is 9.28. The van der Waals surface area contributed by atoms with Crippen molar-refractivity contribution in [3.63, 3.8) is 0 Å². The van der Waals surface area contributed by atoms with Crippen LogP contribution in [0, 0.1) is 10.1 Å². The first-order chi connectivity index (χ1) is 14.5. The molecule has 10 heteroatoms. The monoisotopic (exact) mass is 448 g/mol. The Balaban J connectivity index is 1.58. The second kappa shape index (κ2) is 11.0. The number of nitro groups is 1. The van der Waals surface area contributed by atoms with E-state index in [4.69, 9.17) is 16.3 Å². The van der Waals surface area contributed by atoms with Crippen LogP contribution in [0.1, 0.15) is 11.1 Å². The second-order valence-corrected chi connectivity index (χ2v) is 7.94. The number of rotatable bonds is 8. The average Bonchev–Trinajstić information content (AvgIpc) is 2.74. The van der Waals surface area contributed by atoms with Crippen LogP contribution in [-0.4, -0.2) is 49.1 Å². The van der Waals surface area contributed by atoms with Crippen LogP contribution in [0.4, 0.5) is 11.4 Å². The van der Waals surface area contributed by atoms with Gasteiger partial charge in [-0.25, -0.2) is 5.43 Å². The molecule has 0 atom stereocenters. The molecule has 30 heavy (non-hydrogen) atoms. The number of hydrogen-bond donors (Lipinski definition) is 1. The molecule has 0 bridgehead atoms. The van der Waals surface area contributed by atoms with E-state index in [1.807, 2.05) is 18.2 Å². The van der Waals surface area contributed by atoms with Crippen molar-refractivity contribution in [3.05, 3.63) is 68.7 Å². The number of halogens is 1. The van der Waals surface area contributed by atoms with Crippen molar-refractivity contribution in [2.75, 3.05) is 37.0 Å². The zero-order valence-electron chi connectivity index (χ0n) is 16.1. The number of nitro benzene ring substituents is 1. The van der Waals surface area contributed by atoms with Gasteiger partial charge in [0.25, 0.3) is 5.69 Å². The van der Waals surface area contributed by atoms with Crippen LogP contribution in [0.5, 0.6) is 0 Å². The lowest BCUT2D eigenvalue weighted by atomic mass is 10.1. The summed E-state index contributed by atoms with van der Waals surface area (Å²) in [6.45, 7) is 2.55. The number of hydrogen-bond acceptors (Lipinski definition) is 7. The van der Waals surface area contributed by atoms with Crippen molar-refractivity contribution < 1.29 is 14.5 Å². The molecule has 0 spiro atoms. The van der Waals surface area contributed by atoms with Crippen LogP contribution >= 0.6 is 23.4 Å². The summed E-state index contributed by atoms with van der Waals surface area (Å²) in [6.07, 6.45) is 1.44. The highest BCUT2D eigenvalue weighted by atomic mass is 35.5. The smallest absolute Gasteiger partial charge is 0.270 e. The summed E-state index contributed by atoms with van der Waals surface area (Å²) in [7, 11) is 0. The molecule has 1 aliphatic heterocycles. The number of nitrogens with zero attached hydrogens (tertiary/aromatic N) is 3. The van der Waals surface area contributed by atoms with Gasteiger partial charge in [-0.05, 0) is 23.8 Å². The highest BCUT2D eigenvalue weighted by Gasteiger charge is 2.17. The van der Waals surface area contributed by atoms with Crippen LogP contribution in [0.2, 0.25) is 5.02 Å². The van der Waals surface area contributed by atoms with E-state index in [-0.39, 0.29) is 17.3 Å². The molecule has 1 heterocycles. The number of morpholine rings is 1. The number of anilines is 1. The lowest BCUT2D eigenvalue weighted by Gasteiger charge is -2.29. The fourth-order valence-corrected chi connectivity index (χ4v) is 3.93. The second-order valence-electron chi connectivity index (χ2n) is 6.52. The topological polar surface area (TPSA) is 97.1 Å². The third-order valence-corrected chi connectivity index (χ3v) is 5.60. The molecular formula is C20H21ClN4O4S. The van der Waals surface area contributed by atoms with Crippen molar-refractivity contribution in [1.29, 1.82) is 0 Å². The Hall–Kier alpha value is -2.62. The Kier molecular flexibility index (Phi) is 8.06. The summed E-state index contributed by atoms with van der Waals surface area (Å²) >= 11 is 7.40. The van der Waals surface area contributed by atoms with Gasteiger partial charge in [-0.2, -0.15) is 5.10 Å². The van der Waals surface area contributed by atoms with Gasteiger partial charge in [0, 0.05) is 47.2 Å². The zero-order valence-corrected chi connectivity index (χ0v) is 17.7. The van der Waals surface area contributed by atoms with E-state index < -0.39 is 4.92 Å². The van der Waals surface area contributed by atoms with Crippen LogP contribution in [0.25, 0.3) is 0 Å². The maximum absolute atomic E-state index is 12.0. The first kappa shape index (κ1) is 22.1. The zero-order chi connectivity index (χ0) is 21.3. The minimum absolute atomic E-state index is 0.0307. The van der Waals surface area contributed by atoms with Crippen LogP contribution in [0.3, 0.4) is 0 Å². The van der Waals surface area contributed by atoms with Crippen LogP contribution in [-0.2, 0) is 15.3 Å². The van der Waals surface area contributed by atoms with Gasteiger partial charge in [0.2, 0.25) is 5.91 Å². The number of carbonyl (C=O) groups excluding carboxylic acids is 1. The molecule has 0 aromatic heterocycles. The lowest BCUT2D eigenvalue weighted by molar-refractivity contribution is -0.384. The molecule has 1 amide bonds. The highest BCUT2D eigenvalue weighted by molar-refractivity contribution is 7.99. The van der Waals surface area contributed by atoms with Gasteiger partial charge in [-0.1, -0.05) is 23.7 Å². The van der Waals surface area contributed by atoms with Gasteiger partial charge < -0.3 is 9.64 Å². The van der Waals surface area contributed by atoms with Crippen molar-refractivity contribution >= 4 is 46.9 Å². The predicted octanol–water partition coefficient (Wildman–Crippen LogP) is 3.47. The highest BCUT2D eigenvalue weighted by Crippen LogP contribution is 2.25. The summed E-state index contributed by atoms with van der Waals surface area (Å²) < 4.78 is 5.36. The van der Waals surface area contributed by atoms with E-state index in [1.165, 1.54) is 30.1 Å². The Morgan fingerprint density at radius 3 is 2.83 bits per heavy atom. The third-order valence-electron chi connectivity index (χ3n) is 4.36. The molecule has 3 rings (SSSR count). The number of ether oxygens (including phenoxy) is 1. The number of non-ortho nitro benzene ring substituents is 1. The quantitative estimate of drug-likeness (QED) is 0.377.